The minimum Gasteiger partial charge on any atom is -0.506 e. The Hall–Kier alpha value is -6.16. The van der Waals surface area contributed by atoms with Crippen LogP contribution in [0.5, 0.6) is 11.5 Å². The second-order valence-electron chi connectivity index (χ2n) is 11.8. The van der Waals surface area contributed by atoms with Crippen LogP contribution in [0.2, 0.25) is 0 Å². The van der Waals surface area contributed by atoms with E-state index in [1.807, 2.05) is 109 Å². The SMILES string of the molecule is Oc1cccc2ccc(/C=C/c3ccc(-c4ccccc4)cc3)nc12.Oc1cccc2ccc(/C=C/c3ccc(-c4ccccc4)cc3)nc12.[Zn]. The van der Waals surface area contributed by atoms with Crippen LogP contribution in [-0.4, -0.2) is 20.2 Å². The molecule has 0 bridgehead atoms. The molecule has 0 saturated heterocycles. The minimum absolute atomic E-state index is 0. The van der Waals surface area contributed by atoms with E-state index < -0.39 is 0 Å². The number of aromatic hydroxyl groups is 2. The van der Waals surface area contributed by atoms with Crippen molar-refractivity contribution in [3.05, 3.63) is 192 Å². The molecular formula is C46H34N2O2Zn. The first-order valence-electron chi connectivity index (χ1n) is 16.4. The topological polar surface area (TPSA) is 66.2 Å². The van der Waals surface area contributed by atoms with Gasteiger partial charge in [-0.1, -0.05) is 158 Å². The van der Waals surface area contributed by atoms with Gasteiger partial charge in [0.15, 0.2) is 0 Å². The Morgan fingerprint density at radius 3 is 1.10 bits per heavy atom. The van der Waals surface area contributed by atoms with Gasteiger partial charge in [0.05, 0.1) is 11.4 Å². The number of pyridine rings is 2. The largest absolute Gasteiger partial charge is 0.506 e. The zero-order chi connectivity index (χ0) is 34.1. The van der Waals surface area contributed by atoms with E-state index in [1.54, 1.807) is 12.1 Å². The summed E-state index contributed by atoms with van der Waals surface area (Å²) in [7, 11) is 0. The number of phenolic OH excluding ortho intramolecular Hbond substituents is 2. The van der Waals surface area contributed by atoms with E-state index in [0.29, 0.717) is 11.0 Å². The number of hydrogen-bond acceptors (Lipinski definition) is 4. The number of rotatable bonds is 6. The van der Waals surface area contributed by atoms with Gasteiger partial charge in [0.2, 0.25) is 0 Å². The van der Waals surface area contributed by atoms with Crippen LogP contribution in [0.3, 0.4) is 0 Å². The number of phenols is 2. The molecule has 0 atom stereocenters. The molecule has 51 heavy (non-hydrogen) atoms. The van der Waals surface area contributed by atoms with Crippen molar-refractivity contribution in [2.75, 3.05) is 0 Å². The van der Waals surface area contributed by atoms with Crippen LogP contribution in [0.15, 0.2) is 170 Å². The van der Waals surface area contributed by atoms with Crippen LogP contribution < -0.4 is 0 Å². The summed E-state index contributed by atoms with van der Waals surface area (Å²) in [6, 6.07) is 56.2. The van der Waals surface area contributed by atoms with Crippen molar-refractivity contribution in [1.82, 2.24) is 9.97 Å². The molecule has 242 valence electrons. The third-order valence-electron chi connectivity index (χ3n) is 8.37. The van der Waals surface area contributed by atoms with Gasteiger partial charge in [0.1, 0.15) is 22.5 Å². The third-order valence-corrected chi connectivity index (χ3v) is 8.37. The van der Waals surface area contributed by atoms with E-state index in [9.17, 15) is 10.2 Å². The normalized spacial score (nSPS) is 11.0. The van der Waals surface area contributed by atoms with Gasteiger partial charge < -0.3 is 10.2 Å². The van der Waals surface area contributed by atoms with Crippen LogP contribution in [0.25, 0.3) is 68.4 Å². The standard InChI is InChI=1S/2C23H17NO.Zn/c2*25-22-8-4-7-20-14-16-21(24-23(20)22)15-11-17-9-12-19(13-10-17)18-5-2-1-3-6-18;/h2*1-16,25H;/b2*15-11+;. The van der Waals surface area contributed by atoms with E-state index in [1.165, 1.54) is 22.3 Å². The molecular weight excluding hydrogens is 678 g/mol. The van der Waals surface area contributed by atoms with Crippen LogP contribution in [0.4, 0.5) is 0 Å². The number of hydrogen-bond donors (Lipinski definition) is 2. The van der Waals surface area contributed by atoms with Crippen LogP contribution in [0.1, 0.15) is 22.5 Å². The monoisotopic (exact) mass is 710 g/mol. The van der Waals surface area contributed by atoms with Gasteiger partial charge in [-0.3, -0.25) is 0 Å². The maximum Gasteiger partial charge on any atom is 0.141 e. The molecule has 0 aliphatic carbocycles. The zero-order valence-electron chi connectivity index (χ0n) is 28.0. The average molecular weight is 712 g/mol. The first-order chi connectivity index (χ1) is 24.6. The first kappa shape index (κ1) is 34.7. The maximum absolute atomic E-state index is 9.93. The molecule has 8 aromatic rings. The molecule has 0 aliphatic heterocycles. The molecule has 0 fully saturated rings. The molecule has 6 aromatic carbocycles. The van der Waals surface area contributed by atoms with Gasteiger partial charge in [-0.05, 0) is 69.8 Å². The number of benzene rings is 6. The van der Waals surface area contributed by atoms with Crippen molar-refractivity contribution in [2.24, 2.45) is 0 Å². The Morgan fingerprint density at radius 1 is 0.333 bits per heavy atom. The molecule has 0 aliphatic rings. The quantitative estimate of drug-likeness (QED) is 0.169. The van der Waals surface area contributed by atoms with Crippen molar-refractivity contribution in [3.8, 4) is 33.8 Å². The average Bonchev–Trinajstić information content (AvgIpc) is 3.18. The molecule has 0 unspecified atom stereocenters. The van der Waals surface area contributed by atoms with E-state index in [2.05, 4.69) is 82.8 Å². The third kappa shape index (κ3) is 8.72. The fourth-order valence-corrected chi connectivity index (χ4v) is 5.68. The summed E-state index contributed by atoms with van der Waals surface area (Å²) in [5.41, 5.74) is 9.94. The van der Waals surface area contributed by atoms with Gasteiger partial charge in [-0.15, -0.1) is 0 Å². The Morgan fingerprint density at radius 2 is 0.706 bits per heavy atom. The molecule has 4 nitrogen and oxygen atoms in total. The second-order valence-corrected chi connectivity index (χ2v) is 11.8. The predicted octanol–water partition coefficient (Wildman–Crippen LogP) is 11.6. The van der Waals surface area contributed by atoms with Crippen LogP contribution in [-0.2, 0) is 19.5 Å². The van der Waals surface area contributed by atoms with Gasteiger partial charge in [-0.2, -0.15) is 0 Å². The van der Waals surface area contributed by atoms with Gasteiger partial charge in [0.25, 0.3) is 0 Å². The number of aromatic nitrogens is 2. The molecule has 2 heterocycles. The first-order valence-corrected chi connectivity index (χ1v) is 16.4. The Balaban J connectivity index is 0.000000172. The van der Waals surface area contributed by atoms with E-state index >= 15 is 0 Å². The van der Waals surface area contributed by atoms with Gasteiger partial charge >= 0.3 is 0 Å². The van der Waals surface area contributed by atoms with Crippen molar-refractivity contribution in [3.63, 3.8) is 0 Å². The maximum atomic E-state index is 9.93. The van der Waals surface area contributed by atoms with E-state index in [0.717, 1.165) is 33.3 Å². The summed E-state index contributed by atoms with van der Waals surface area (Å²) in [6.45, 7) is 0. The fourth-order valence-electron chi connectivity index (χ4n) is 5.68. The molecule has 8 rings (SSSR count). The van der Waals surface area contributed by atoms with E-state index in [4.69, 9.17) is 0 Å². The van der Waals surface area contributed by atoms with Crippen molar-refractivity contribution in [1.29, 1.82) is 0 Å². The number of fused-ring (bicyclic) bond motifs is 2. The zero-order valence-corrected chi connectivity index (χ0v) is 30.9. The van der Waals surface area contributed by atoms with Crippen molar-refractivity contribution in [2.45, 2.75) is 0 Å². The second kappa shape index (κ2) is 16.5. The fraction of sp³-hybridized carbons (Fsp3) is 0. The molecule has 0 spiro atoms. The van der Waals surface area contributed by atoms with Gasteiger partial charge in [-0.25, -0.2) is 9.97 Å². The summed E-state index contributed by atoms with van der Waals surface area (Å²) >= 11 is 0. The Labute approximate surface area is 310 Å². The Kier molecular flexibility index (Phi) is 11.2. The Bertz CT molecular complexity index is 2250. The predicted molar refractivity (Wildman–Crippen MR) is 208 cm³/mol. The minimum atomic E-state index is 0. The van der Waals surface area contributed by atoms with E-state index in [-0.39, 0.29) is 31.0 Å². The molecule has 5 heteroatoms. The smallest absolute Gasteiger partial charge is 0.141 e. The molecule has 2 aromatic heterocycles. The number of para-hydroxylation sites is 2. The summed E-state index contributed by atoms with van der Waals surface area (Å²) in [6.07, 6.45) is 7.98. The summed E-state index contributed by atoms with van der Waals surface area (Å²) in [5, 5.41) is 21.7. The summed E-state index contributed by atoms with van der Waals surface area (Å²) in [4.78, 5) is 9.04. The van der Waals surface area contributed by atoms with Crippen LogP contribution >= 0.6 is 0 Å². The van der Waals surface area contributed by atoms with Crippen LogP contribution in [0, 0.1) is 0 Å². The summed E-state index contributed by atoms with van der Waals surface area (Å²) in [5.74, 6) is 0.417. The molecule has 0 amide bonds. The number of nitrogens with zero attached hydrogens (tertiary/aromatic N) is 2. The molecule has 0 saturated carbocycles. The van der Waals surface area contributed by atoms with Gasteiger partial charge in [0, 0.05) is 30.3 Å². The van der Waals surface area contributed by atoms with Crippen molar-refractivity contribution < 1.29 is 29.7 Å². The molecule has 2 N–H and O–H groups in total. The molecule has 0 radical (unpaired) electrons. The summed E-state index contributed by atoms with van der Waals surface area (Å²) < 4.78 is 0. The van der Waals surface area contributed by atoms with Crippen molar-refractivity contribution >= 4 is 46.1 Å².